The van der Waals surface area contributed by atoms with E-state index in [1.807, 2.05) is 36.4 Å². The maximum absolute atomic E-state index is 13.3. The number of ether oxygens (including phenoxy) is 4. The Labute approximate surface area is 228 Å². The molecule has 0 aliphatic rings. The Morgan fingerprint density at radius 1 is 0.868 bits per heavy atom. The maximum Gasteiger partial charge on any atom is 0.273 e. The van der Waals surface area contributed by atoms with E-state index in [0.29, 0.717) is 46.5 Å². The van der Waals surface area contributed by atoms with Crippen LogP contribution in [0.1, 0.15) is 16.8 Å². The highest BCUT2D eigenvalue weighted by Gasteiger charge is 2.19. The van der Waals surface area contributed by atoms with Gasteiger partial charge in [-0.2, -0.15) is 9.78 Å². The highest BCUT2D eigenvalue weighted by molar-refractivity contribution is 9.10. The van der Waals surface area contributed by atoms with E-state index in [2.05, 4.69) is 26.3 Å². The van der Waals surface area contributed by atoms with Crippen LogP contribution in [0.25, 0.3) is 5.69 Å². The van der Waals surface area contributed by atoms with Gasteiger partial charge in [0, 0.05) is 40.3 Å². The highest BCUT2D eigenvalue weighted by atomic mass is 79.9. The van der Waals surface area contributed by atoms with Gasteiger partial charge in [0.05, 0.1) is 39.8 Å². The molecule has 2 N–H and O–H groups in total. The molecule has 0 aliphatic carbocycles. The molecule has 196 valence electrons. The van der Waals surface area contributed by atoms with Gasteiger partial charge in [-0.05, 0) is 36.4 Å². The Bertz CT molecular complexity index is 1520. The van der Waals surface area contributed by atoms with E-state index in [4.69, 9.17) is 24.4 Å². The lowest BCUT2D eigenvalue weighted by molar-refractivity contribution is 0.391. The Morgan fingerprint density at radius 3 is 2.13 bits per heavy atom. The second kappa shape index (κ2) is 11.8. The lowest BCUT2D eigenvalue weighted by atomic mass is 10.1. The van der Waals surface area contributed by atoms with Crippen molar-refractivity contribution in [3.63, 3.8) is 0 Å². The standard InChI is InChI=1S/C28H27BrN4O5/c1-35-20-10-7-18(24(13-20)37-3)16-31-22-15-26(34)33(23-12-11-21(36-2)14-25(23)38-4)32-28(22)27(30)17-5-8-19(29)9-6-17/h5-15,30-31H,16H2,1-4H3. The lowest BCUT2D eigenvalue weighted by Gasteiger charge is -2.17. The summed E-state index contributed by atoms with van der Waals surface area (Å²) in [5.41, 5.74) is 2.34. The maximum atomic E-state index is 13.3. The molecule has 0 saturated heterocycles. The number of aromatic nitrogens is 2. The number of methoxy groups -OCH3 is 4. The summed E-state index contributed by atoms with van der Waals surface area (Å²) in [6, 6.07) is 19.3. The second-order valence-electron chi connectivity index (χ2n) is 8.11. The molecule has 10 heteroatoms. The summed E-state index contributed by atoms with van der Waals surface area (Å²) < 4.78 is 23.7. The van der Waals surface area contributed by atoms with Crippen LogP contribution < -0.4 is 29.8 Å². The normalized spacial score (nSPS) is 10.6. The number of rotatable bonds is 10. The van der Waals surface area contributed by atoms with Crippen LogP contribution in [0.5, 0.6) is 23.0 Å². The van der Waals surface area contributed by atoms with Crippen molar-refractivity contribution in [3.8, 4) is 28.7 Å². The van der Waals surface area contributed by atoms with Gasteiger partial charge in [-0.25, -0.2) is 0 Å². The van der Waals surface area contributed by atoms with E-state index >= 15 is 0 Å². The summed E-state index contributed by atoms with van der Waals surface area (Å²) in [5.74, 6) is 2.28. The molecule has 0 aliphatic heterocycles. The van der Waals surface area contributed by atoms with Gasteiger partial charge in [0.25, 0.3) is 5.56 Å². The average Bonchev–Trinajstić information content (AvgIpc) is 2.95. The van der Waals surface area contributed by atoms with Crippen LogP contribution in [0.3, 0.4) is 0 Å². The van der Waals surface area contributed by atoms with Crippen molar-refractivity contribution in [3.05, 3.63) is 98.4 Å². The third kappa shape index (κ3) is 5.65. The molecule has 4 rings (SSSR count). The highest BCUT2D eigenvalue weighted by Crippen LogP contribution is 2.29. The van der Waals surface area contributed by atoms with Crippen molar-refractivity contribution in [2.24, 2.45) is 0 Å². The van der Waals surface area contributed by atoms with Gasteiger partial charge >= 0.3 is 0 Å². The third-order valence-corrected chi connectivity index (χ3v) is 6.41. The number of nitrogens with one attached hydrogen (secondary N) is 2. The SMILES string of the molecule is COc1ccc(CNc2cc(=O)n(-c3ccc(OC)cc3OC)nc2C(=N)c2ccc(Br)cc2)c(OC)c1. The number of nitrogens with zero attached hydrogens (tertiary/aromatic N) is 2. The fraction of sp³-hybridized carbons (Fsp3) is 0.179. The molecule has 0 radical (unpaired) electrons. The van der Waals surface area contributed by atoms with Crippen molar-refractivity contribution in [1.29, 1.82) is 5.41 Å². The van der Waals surface area contributed by atoms with Crippen molar-refractivity contribution < 1.29 is 18.9 Å². The third-order valence-electron chi connectivity index (χ3n) is 5.88. The zero-order valence-corrected chi connectivity index (χ0v) is 23.0. The molecule has 0 amide bonds. The number of hydrogen-bond acceptors (Lipinski definition) is 8. The first-order valence-corrected chi connectivity index (χ1v) is 12.3. The second-order valence-corrected chi connectivity index (χ2v) is 9.02. The smallest absolute Gasteiger partial charge is 0.273 e. The molecule has 0 atom stereocenters. The summed E-state index contributed by atoms with van der Waals surface area (Å²) in [7, 11) is 6.23. The van der Waals surface area contributed by atoms with Gasteiger partial charge in [-0.3, -0.25) is 10.2 Å². The van der Waals surface area contributed by atoms with Crippen molar-refractivity contribution in [1.82, 2.24) is 9.78 Å². The molecule has 0 unspecified atom stereocenters. The van der Waals surface area contributed by atoms with Crippen LogP contribution >= 0.6 is 15.9 Å². The largest absolute Gasteiger partial charge is 0.497 e. The van der Waals surface area contributed by atoms with Crippen molar-refractivity contribution >= 4 is 27.3 Å². The molecule has 4 aromatic rings. The van der Waals surface area contributed by atoms with Gasteiger partial charge in [0.1, 0.15) is 34.4 Å². The van der Waals surface area contributed by atoms with Crippen LogP contribution in [0.2, 0.25) is 0 Å². The van der Waals surface area contributed by atoms with Crippen LogP contribution in [-0.2, 0) is 6.54 Å². The minimum atomic E-state index is -0.398. The number of anilines is 1. The Hall–Kier alpha value is -4.31. The minimum absolute atomic E-state index is 0.142. The van der Waals surface area contributed by atoms with E-state index in [0.717, 1.165) is 10.0 Å². The molecule has 0 fully saturated rings. The molecule has 1 heterocycles. The number of benzene rings is 3. The number of hydrogen-bond donors (Lipinski definition) is 2. The zero-order chi connectivity index (χ0) is 27.2. The Balaban J connectivity index is 1.80. The fourth-order valence-corrected chi connectivity index (χ4v) is 4.11. The van der Waals surface area contributed by atoms with Crippen molar-refractivity contribution in [2.75, 3.05) is 33.8 Å². The Kier molecular flexibility index (Phi) is 8.32. The molecule has 0 bridgehead atoms. The van der Waals surface area contributed by atoms with E-state index in [9.17, 15) is 4.79 Å². The first-order valence-electron chi connectivity index (χ1n) is 11.5. The van der Waals surface area contributed by atoms with Gasteiger partial charge in [0.15, 0.2) is 0 Å². The molecule has 1 aromatic heterocycles. The van der Waals surface area contributed by atoms with E-state index < -0.39 is 5.56 Å². The van der Waals surface area contributed by atoms with Gasteiger partial charge in [0.2, 0.25) is 0 Å². The summed E-state index contributed by atoms with van der Waals surface area (Å²) in [5, 5.41) is 16.9. The molecule has 9 nitrogen and oxygen atoms in total. The number of halogens is 1. The predicted molar refractivity (Wildman–Crippen MR) is 150 cm³/mol. The summed E-state index contributed by atoms with van der Waals surface area (Å²) in [4.78, 5) is 13.3. The first kappa shape index (κ1) is 26.7. The summed E-state index contributed by atoms with van der Waals surface area (Å²) in [6.07, 6.45) is 0. The topological polar surface area (TPSA) is 108 Å². The molecule has 0 spiro atoms. The van der Waals surface area contributed by atoms with E-state index in [1.165, 1.54) is 17.9 Å². The first-order chi connectivity index (χ1) is 18.4. The van der Waals surface area contributed by atoms with Crippen LogP contribution in [0.4, 0.5) is 5.69 Å². The summed E-state index contributed by atoms with van der Waals surface area (Å²) >= 11 is 3.43. The molecular weight excluding hydrogens is 552 g/mol. The predicted octanol–water partition coefficient (Wildman–Crippen LogP) is 5.06. The minimum Gasteiger partial charge on any atom is -0.497 e. The summed E-state index contributed by atoms with van der Waals surface area (Å²) in [6.45, 7) is 0.324. The van der Waals surface area contributed by atoms with Crippen LogP contribution in [0, 0.1) is 5.41 Å². The van der Waals surface area contributed by atoms with Gasteiger partial charge < -0.3 is 24.3 Å². The van der Waals surface area contributed by atoms with Gasteiger partial charge in [-0.15, -0.1) is 0 Å². The van der Waals surface area contributed by atoms with Crippen LogP contribution in [-0.4, -0.2) is 43.9 Å². The molecule has 0 saturated carbocycles. The van der Waals surface area contributed by atoms with Crippen LogP contribution in [0.15, 0.2) is 76.0 Å². The monoisotopic (exact) mass is 578 g/mol. The van der Waals surface area contributed by atoms with Gasteiger partial charge in [-0.1, -0.05) is 28.1 Å². The fourth-order valence-electron chi connectivity index (χ4n) is 3.85. The van der Waals surface area contributed by atoms with E-state index in [1.54, 1.807) is 45.6 Å². The van der Waals surface area contributed by atoms with E-state index in [-0.39, 0.29) is 11.4 Å². The van der Waals surface area contributed by atoms with Crippen molar-refractivity contribution in [2.45, 2.75) is 6.54 Å². The average molecular weight is 579 g/mol. The zero-order valence-electron chi connectivity index (χ0n) is 21.4. The molecule has 38 heavy (non-hydrogen) atoms. The quantitative estimate of drug-likeness (QED) is 0.253. The molecular formula is C28H27BrN4O5. The lowest BCUT2D eigenvalue weighted by Crippen LogP contribution is -2.26. The molecule has 3 aromatic carbocycles. The Morgan fingerprint density at radius 2 is 1.50 bits per heavy atom.